The fourth-order valence-electron chi connectivity index (χ4n) is 1.61. The Balaban J connectivity index is 2.17. The van der Waals surface area contributed by atoms with E-state index in [1.807, 2.05) is 6.92 Å². The summed E-state index contributed by atoms with van der Waals surface area (Å²) in [7, 11) is -3.67. The van der Waals surface area contributed by atoms with Gasteiger partial charge in [0.15, 0.2) is 0 Å². The first kappa shape index (κ1) is 14.8. The quantitative estimate of drug-likeness (QED) is 0.802. The monoisotopic (exact) mass is 315 g/mol. The van der Waals surface area contributed by atoms with E-state index in [4.69, 9.17) is 17.3 Å². The molecule has 9 heteroatoms. The number of rotatable bonds is 5. The molecule has 0 atom stereocenters. The number of nitrogens with zero attached hydrogens (tertiary/aromatic N) is 3. The molecule has 0 radical (unpaired) electrons. The van der Waals surface area contributed by atoms with Crippen LogP contribution < -0.4 is 10.5 Å². The molecule has 0 amide bonds. The highest BCUT2D eigenvalue weighted by Crippen LogP contribution is 2.22. The number of anilines is 1. The molecular formula is C11H14ClN5O2S. The molecule has 0 spiro atoms. The summed E-state index contributed by atoms with van der Waals surface area (Å²) in [5, 5.41) is 7.90. The highest BCUT2D eigenvalue weighted by atomic mass is 35.5. The first-order valence-electron chi connectivity index (χ1n) is 5.85. The third-order valence-corrected chi connectivity index (χ3v) is 4.48. The Hall–Kier alpha value is -1.64. The number of aromatic nitrogens is 3. The first-order valence-corrected chi connectivity index (χ1v) is 7.71. The number of hydrogen-bond acceptors (Lipinski definition) is 5. The minimum Gasteiger partial charge on any atom is -0.397 e. The highest BCUT2D eigenvalue weighted by molar-refractivity contribution is 7.89. The van der Waals surface area contributed by atoms with Gasteiger partial charge in [0, 0.05) is 6.54 Å². The van der Waals surface area contributed by atoms with Gasteiger partial charge in [-0.2, -0.15) is 0 Å². The van der Waals surface area contributed by atoms with Crippen molar-refractivity contribution in [2.24, 2.45) is 0 Å². The second kappa shape index (κ2) is 5.78. The van der Waals surface area contributed by atoms with Crippen molar-refractivity contribution in [3.05, 3.63) is 35.4 Å². The summed E-state index contributed by atoms with van der Waals surface area (Å²) in [6.45, 7) is 2.64. The average Bonchev–Trinajstić information content (AvgIpc) is 2.87. The van der Waals surface area contributed by atoms with E-state index in [0.717, 1.165) is 0 Å². The Morgan fingerprint density at radius 1 is 1.45 bits per heavy atom. The normalized spacial score (nSPS) is 11.7. The van der Waals surface area contributed by atoms with Crippen molar-refractivity contribution in [2.45, 2.75) is 24.9 Å². The van der Waals surface area contributed by atoms with E-state index in [-0.39, 0.29) is 17.1 Å². The molecule has 0 aliphatic heterocycles. The SMILES string of the molecule is CCn1cnnc1CNS(=O)(=O)c1ccc(Cl)c(N)c1. The van der Waals surface area contributed by atoms with E-state index in [0.29, 0.717) is 17.4 Å². The molecular weight excluding hydrogens is 302 g/mol. The minimum absolute atomic E-state index is 0.0543. The third-order valence-electron chi connectivity index (χ3n) is 2.73. The second-order valence-corrected chi connectivity index (χ2v) is 6.22. The summed E-state index contributed by atoms with van der Waals surface area (Å²) in [6.07, 6.45) is 1.55. The lowest BCUT2D eigenvalue weighted by Crippen LogP contribution is -2.25. The maximum Gasteiger partial charge on any atom is 0.241 e. The van der Waals surface area contributed by atoms with Gasteiger partial charge < -0.3 is 10.3 Å². The standard InChI is InChI=1S/C11H14ClN5O2S/c1-2-17-7-14-16-11(17)6-15-20(18,19)8-3-4-9(12)10(13)5-8/h3-5,7,15H,2,6,13H2,1H3. The number of nitrogens with two attached hydrogens (primary N) is 1. The second-order valence-electron chi connectivity index (χ2n) is 4.04. The molecule has 0 fully saturated rings. The maximum atomic E-state index is 12.1. The number of nitrogen functional groups attached to an aromatic ring is 1. The van der Waals surface area contributed by atoms with Crippen LogP contribution in [-0.4, -0.2) is 23.2 Å². The third kappa shape index (κ3) is 3.09. The van der Waals surface area contributed by atoms with Gasteiger partial charge in [0.25, 0.3) is 0 Å². The summed E-state index contributed by atoms with van der Waals surface area (Å²) in [5.41, 5.74) is 5.82. The van der Waals surface area contributed by atoms with Gasteiger partial charge in [-0.15, -0.1) is 10.2 Å². The summed E-state index contributed by atoms with van der Waals surface area (Å²) in [4.78, 5) is 0.0574. The van der Waals surface area contributed by atoms with Crippen molar-refractivity contribution in [3.8, 4) is 0 Å². The van der Waals surface area contributed by atoms with E-state index >= 15 is 0 Å². The molecule has 0 saturated carbocycles. The fourth-order valence-corrected chi connectivity index (χ4v) is 2.74. The Labute approximate surface area is 121 Å². The molecule has 1 aromatic carbocycles. The molecule has 0 bridgehead atoms. The van der Waals surface area contributed by atoms with E-state index in [2.05, 4.69) is 14.9 Å². The van der Waals surface area contributed by atoms with Crippen LogP contribution in [0, 0.1) is 0 Å². The zero-order chi connectivity index (χ0) is 14.8. The van der Waals surface area contributed by atoms with Crippen LogP contribution in [0.5, 0.6) is 0 Å². The molecule has 7 nitrogen and oxygen atoms in total. The predicted molar refractivity (Wildman–Crippen MR) is 75.6 cm³/mol. The fraction of sp³-hybridized carbons (Fsp3) is 0.273. The Morgan fingerprint density at radius 2 is 2.20 bits per heavy atom. The lowest BCUT2D eigenvalue weighted by atomic mass is 10.3. The summed E-state index contributed by atoms with van der Waals surface area (Å²) < 4.78 is 28.4. The van der Waals surface area contributed by atoms with Gasteiger partial charge in [0.2, 0.25) is 10.0 Å². The van der Waals surface area contributed by atoms with Gasteiger partial charge >= 0.3 is 0 Å². The Morgan fingerprint density at radius 3 is 2.85 bits per heavy atom. The predicted octanol–water partition coefficient (Wildman–Crippen LogP) is 1.01. The molecule has 3 N–H and O–H groups in total. The summed E-state index contributed by atoms with van der Waals surface area (Å²) in [6, 6.07) is 4.15. The van der Waals surface area contributed by atoms with Crippen LogP contribution in [0.4, 0.5) is 5.69 Å². The number of benzene rings is 1. The van der Waals surface area contributed by atoms with Crippen molar-refractivity contribution < 1.29 is 8.42 Å². The molecule has 0 aliphatic rings. The van der Waals surface area contributed by atoms with E-state index in [9.17, 15) is 8.42 Å². The zero-order valence-corrected chi connectivity index (χ0v) is 12.3. The van der Waals surface area contributed by atoms with Crippen LogP contribution >= 0.6 is 11.6 Å². The molecule has 20 heavy (non-hydrogen) atoms. The van der Waals surface area contributed by atoms with Gasteiger partial charge in [0.05, 0.1) is 22.2 Å². The molecule has 108 valence electrons. The lowest BCUT2D eigenvalue weighted by Gasteiger charge is -2.08. The molecule has 2 rings (SSSR count). The first-order chi connectivity index (χ1) is 9.44. The van der Waals surface area contributed by atoms with Gasteiger partial charge in [-0.1, -0.05) is 11.6 Å². The number of aryl methyl sites for hydroxylation is 1. The van der Waals surface area contributed by atoms with Crippen molar-refractivity contribution >= 4 is 27.3 Å². The van der Waals surface area contributed by atoms with Crippen LogP contribution in [-0.2, 0) is 23.1 Å². The molecule has 1 aromatic heterocycles. The van der Waals surface area contributed by atoms with Crippen LogP contribution in [0.3, 0.4) is 0 Å². The molecule has 0 saturated heterocycles. The number of hydrogen-bond donors (Lipinski definition) is 2. The molecule has 0 unspecified atom stereocenters. The summed E-state index contributed by atoms with van der Waals surface area (Å²) >= 11 is 5.77. The van der Waals surface area contributed by atoms with Gasteiger partial charge in [-0.05, 0) is 25.1 Å². The summed E-state index contributed by atoms with van der Waals surface area (Å²) in [5.74, 6) is 0.540. The van der Waals surface area contributed by atoms with Crippen LogP contribution in [0.15, 0.2) is 29.4 Å². The van der Waals surface area contributed by atoms with Gasteiger partial charge in [-0.3, -0.25) is 0 Å². The van der Waals surface area contributed by atoms with Crippen molar-refractivity contribution in [1.82, 2.24) is 19.5 Å². The van der Waals surface area contributed by atoms with Gasteiger partial charge in [-0.25, -0.2) is 13.1 Å². The Kier molecular flexibility index (Phi) is 4.26. The van der Waals surface area contributed by atoms with E-state index in [1.165, 1.54) is 18.2 Å². The Bertz CT molecular complexity index is 713. The number of sulfonamides is 1. The maximum absolute atomic E-state index is 12.1. The van der Waals surface area contributed by atoms with E-state index in [1.54, 1.807) is 10.9 Å². The van der Waals surface area contributed by atoms with Crippen molar-refractivity contribution in [1.29, 1.82) is 0 Å². The topological polar surface area (TPSA) is 103 Å². The minimum atomic E-state index is -3.67. The molecule has 1 heterocycles. The van der Waals surface area contributed by atoms with Crippen LogP contribution in [0.2, 0.25) is 5.02 Å². The smallest absolute Gasteiger partial charge is 0.241 e. The zero-order valence-electron chi connectivity index (χ0n) is 10.7. The number of halogens is 1. The number of nitrogens with one attached hydrogen (secondary N) is 1. The van der Waals surface area contributed by atoms with E-state index < -0.39 is 10.0 Å². The van der Waals surface area contributed by atoms with Gasteiger partial charge in [0.1, 0.15) is 12.2 Å². The molecule has 2 aromatic rings. The molecule has 0 aliphatic carbocycles. The largest absolute Gasteiger partial charge is 0.397 e. The van der Waals surface area contributed by atoms with Crippen LogP contribution in [0.25, 0.3) is 0 Å². The average molecular weight is 316 g/mol. The van der Waals surface area contributed by atoms with Crippen molar-refractivity contribution in [3.63, 3.8) is 0 Å². The lowest BCUT2D eigenvalue weighted by molar-refractivity contribution is 0.575. The van der Waals surface area contributed by atoms with Crippen LogP contribution in [0.1, 0.15) is 12.7 Å². The highest BCUT2D eigenvalue weighted by Gasteiger charge is 2.16. The van der Waals surface area contributed by atoms with Crippen molar-refractivity contribution in [2.75, 3.05) is 5.73 Å².